The van der Waals surface area contributed by atoms with Crippen molar-refractivity contribution in [2.24, 2.45) is 0 Å². The molecule has 0 radical (unpaired) electrons. The summed E-state index contributed by atoms with van der Waals surface area (Å²) in [5.41, 5.74) is 0.0200. The Bertz CT molecular complexity index is 766. The number of aromatic carboxylic acids is 1. The van der Waals surface area contributed by atoms with Gasteiger partial charge in [0, 0.05) is 17.8 Å². The molecular formula is C14H11F2NO3. The maximum Gasteiger partial charge on any atom is 0.337 e. The predicted molar refractivity (Wildman–Crippen MR) is 68.4 cm³/mol. The predicted octanol–water partition coefficient (Wildman–Crippen LogP) is 2.43. The third-order valence-electron chi connectivity index (χ3n) is 3.03. The highest BCUT2D eigenvalue weighted by molar-refractivity contribution is 5.90. The fraction of sp³-hybridized carbons (Fsp3) is 0.143. The van der Waals surface area contributed by atoms with E-state index in [0.29, 0.717) is 5.56 Å². The summed E-state index contributed by atoms with van der Waals surface area (Å²) in [7, 11) is 0. The summed E-state index contributed by atoms with van der Waals surface area (Å²) in [4.78, 5) is 23.2. The Hall–Kier alpha value is -2.50. The van der Waals surface area contributed by atoms with Gasteiger partial charge in [0.15, 0.2) is 11.6 Å². The lowest BCUT2D eigenvalue weighted by atomic mass is 10.1. The summed E-state index contributed by atoms with van der Waals surface area (Å²) in [6.45, 7) is 2.95. The van der Waals surface area contributed by atoms with E-state index in [1.807, 2.05) is 0 Å². The van der Waals surface area contributed by atoms with E-state index in [0.717, 1.165) is 22.8 Å². The number of halogens is 2. The van der Waals surface area contributed by atoms with Crippen LogP contribution in [0.5, 0.6) is 0 Å². The third kappa shape index (κ3) is 2.20. The first kappa shape index (κ1) is 13.9. The number of hydrogen-bond donors (Lipinski definition) is 1. The first-order valence-corrected chi connectivity index (χ1v) is 5.75. The van der Waals surface area contributed by atoms with Crippen LogP contribution in [0.1, 0.15) is 21.6 Å². The number of benzene rings is 1. The third-order valence-corrected chi connectivity index (χ3v) is 3.03. The van der Waals surface area contributed by atoms with Gasteiger partial charge in [-0.25, -0.2) is 13.6 Å². The lowest BCUT2D eigenvalue weighted by molar-refractivity contribution is 0.0694. The van der Waals surface area contributed by atoms with Gasteiger partial charge in [-0.15, -0.1) is 0 Å². The molecule has 20 heavy (non-hydrogen) atoms. The normalized spacial score (nSPS) is 10.6. The molecule has 2 aromatic rings. The van der Waals surface area contributed by atoms with Crippen molar-refractivity contribution < 1.29 is 18.7 Å². The van der Waals surface area contributed by atoms with Crippen LogP contribution in [0.2, 0.25) is 0 Å². The summed E-state index contributed by atoms with van der Waals surface area (Å²) in [6.07, 6.45) is 0. The van der Waals surface area contributed by atoms with E-state index < -0.39 is 23.2 Å². The second-order valence-electron chi connectivity index (χ2n) is 4.36. The number of nitrogens with zero attached hydrogens (tertiary/aromatic N) is 1. The zero-order chi connectivity index (χ0) is 15.0. The van der Waals surface area contributed by atoms with Crippen molar-refractivity contribution in [3.05, 3.63) is 63.1 Å². The van der Waals surface area contributed by atoms with Crippen molar-refractivity contribution in [3.63, 3.8) is 0 Å². The number of aromatic nitrogens is 1. The van der Waals surface area contributed by atoms with Crippen LogP contribution in [0, 0.1) is 25.5 Å². The molecule has 0 atom stereocenters. The molecule has 2 rings (SSSR count). The van der Waals surface area contributed by atoms with E-state index >= 15 is 0 Å². The molecule has 0 amide bonds. The molecule has 1 aromatic carbocycles. The van der Waals surface area contributed by atoms with Gasteiger partial charge in [0.05, 0.1) is 11.3 Å². The van der Waals surface area contributed by atoms with Crippen LogP contribution >= 0.6 is 0 Å². The standard InChI is InChI=1S/C14H11F2NO3/c1-7-5-12(18)17(8(2)13(7)14(19)20)9-3-4-10(15)11(16)6-9/h3-6H,1-2H3,(H,19,20). The number of hydrogen-bond acceptors (Lipinski definition) is 2. The summed E-state index contributed by atoms with van der Waals surface area (Å²) < 4.78 is 27.2. The Morgan fingerprint density at radius 3 is 2.35 bits per heavy atom. The summed E-state index contributed by atoms with van der Waals surface area (Å²) in [6, 6.07) is 4.10. The SMILES string of the molecule is Cc1cc(=O)n(-c2ccc(F)c(F)c2)c(C)c1C(=O)O. The van der Waals surface area contributed by atoms with Crippen molar-refractivity contribution in [3.8, 4) is 5.69 Å². The van der Waals surface area contributed by atoms with Gasteiger partial charge < -0.3 is 5.11 Å². The van der Waals surface area contributed by atoms with Crippen molar-refractivity contribution in [2.45, 2.75) is 13.8 Å². The molecule has 0 aliphatic rings. The Kier molecular flexibility index (Phi) is 3.40. The average Bonchev–Trinajstić information content (AvgIpc) is 2.32. The number of carbonyl (C=O) groups is 1. The first-order valence-electron chi connectivity index (χ1n) is 5.75. The van der Waals surface area contributed by atoms with E-state index in [1.54, 1.807) is 0 Å². The summed E-state index contributed by atoms with van der Waals surface area (Å²) >= 11 is 0. The Labute approximate surface area is 112 Å². The van der Waals surface area contributed by atoms with Crippen LogP contribution in [-0.4, -0.2) is 15.6 Å². The molecule has 0 fully saturated rings. The van der Waals surface area contributed by atoms with Gasteiger partial charge in [0.25, 0.3) is 5.56 Å². The molecule has 1 N–H and O–H groups in total. The molecule has 0 aliphatic heterocycles. The lowest BCUT2D eigenvalue weighted by Gasteiger charge is -2.14. The molecule has 104 valence electrons. The molecule has 6 heteroatoms. The second kappa shape index (κ2) is 4.88. The monoisotopic (exact) mass is 279 g/mol. The lowest BCUT2D eigenvalue weighted by Crippen LogP contribution is -2.24. The number of carboxylic acid groups (broad SMARTS) is 1. The van der Waals surface area contributed by atoms with Gasteiger partial charge in [-0.1, -0.05) is 0 Å². The minimum absolute atomic E-state index is 0.0330. The van der Waals surface area contributed by atoms with Crippen LogP contribution in [-0.2, 0) is 0 Å². The molecule has 4 nitrogen and oxygen atoms in total. The van der Waals surface area contributed by atoms with Gasteiger partial charge in [-0.2, -0.15) is 0 Å². The minimum Gasteiger partial charge on any atom is -0.478 e. The molecular weight excluding hydrogens is 268 g/mol. The minimum atomic E-state index is -1.18. The number of carboxylic acids is 1. The maximum absolute atomic E-state index is 13.3. The zero-order valence-corrected chi connectivity index (χ0v) is 10.8. The molecule has 1 aromatic heterocycles. The fourth-order valence-electron chi connectivity index (χ4n) is 2.15. The number of rotatable bonds is 2. The van der Waals surface area contributed by atoms with Crippen LogP contribution in [0.4, 0.5) is 8.78 Å². The van der Waals surface area contributed by atoms with Crippen molar-refractivity contribution in [1.82, 2.24) is 4.57 Å². The maximum atomic E-state index is 13.3. The van der Waals surface area contributed by atoms with Crippen molar-refractivity contribution in [1.29, 1.82) is 0 Å². The Morgan fingerprint density at radius 2 is 1.80 bits per heavy atom. The van der Waals surface area contributed by atoms with E-state index in [4.69, 9.17) is 5.11 Å². The highest BCUT2D eigenvalue weighted by Crippen LogP contribution is 2.17. The molecule has 0 spiro atoms. The second-order valence-corrected chi connectivity index (χ2v) is 4.36. The largest absolute Gasteiger partial charge is 0.478 e. The zero-order valence-electron chi connectivity index (χ0n) is 10.8. The molecule has 1 heterocycles. The quantitative estimate of drug-likeness (QED) is 0.918. The molecule has 0 aliphatic carbocycles. The first-order chi connectivity index (χ1) is 9.32. The van der Waals surface area contributed by atoms with Gasteiger partial charge in [0.2, 0.25) is 0 Å². The van der Waals surface area contributed by atoms with Gasteiger partial charge in [0.1, 0.15) is 0 Å². The smallest absolute Gasteiger partial charge is 0.337 e. The highest BCUT2D eigenvalue weighted by Gasteiger charge is 2.17. The average molecular weight is 279 g/mol. The topological polar surface area (TPSA) is 59.3 Å². The Morgan fingerprint density at radius 1 is 1.15 bits per heavy atom. The van der Waals surface area contributed by atoms with Crippen LogP contribution in [0.3, 0.4) is 0 Å². The number of pyridine rings is 1. The van der Waals surface area contributed by atoms with Crippen LogP contribution in [0.15, 0.2) is 29.1 Å². The van der Waals surface area contributed by atoms with Crippen molar-refractivity contribution >= 4 is 5.97 Å². The van der Waals surface area contributed by atoms with Crippen LogP contribution < -0.4 is 5.56 Å². The van der Waals surface area contributed by atoms with Gasteiger partial charge in [-0.3, -0.25) is 9.36 Å². The fourth-order valence-corrected chi connectivity index (χ4v) is 2.15. The Balaban J connectivity index is 2.80. The van der Waals surface area contributed by atoms with Gasteiger partial charge in [-0.05, 0) is 31.5 Å². The molecule has 0 bridgehead atoms. The van der Waals surface area contributed by atoms with Crippen molar-refractivity contribution in [2.75, 3.05) is 0 Å². The molecule has 0 saturated heterocycles. The summed E-state index contributed by atoms with van der Waals surface area (Å²) in [5, 5.41) is 9.16. The molecule has 0 unspecified atom stereocenters. The highest BCUT2D eigenvalue weighted by atomic mass is 19.2. The molecule has 0 saturated carbocycles. The van der Waals surface area contributed by atoms with Gasteiger partial charge >= 0.3 is 5.97 Å². The van der Waals surface area contributed by atoms with Crippen LogP contribution in [0.25, 0.3) is 5.69 Å². The van der Waals surface area contributed by atoms with E-state index in [9.17, 15) is 18.4 Å². The summed E-state index contributed by atoms with van der Waals surface area (Å²) in [5.74, 6) is -3.33. The van der Waals surface area contributed by atoms with E-state index in [2.05, 4.69) is 0 Å². The number of aryl methyl sites for hydroxylation is 1. The van der Waals surface area contributed by atoms with E-state index in [-0.39, 0.29) is 16.9 Å². The van der Waals surface area contributed by atoms with E-state index in [1.165, 1.54) is 19.9 Å².